The maximum atomic E-state index is 15.7. The Kier molecular flexibility index (Phi) is 6.68. The van der Waals surface area contributed by atoms with Crippen LogP contribution in [0.3, 0.4) is 0 Å². The third kappa shape index (κ3) is 5.03. The first-order valence-corrected chi connectivity index (χ1v) is 10.5. The molecule has 0 aliphatic carbocycles. The van der Waals surface area contributed by atoms with E-state index in [0.29, 0.717) is 47.8 Å². The van der Waals surface area contributed by atoms with Gasteiger partial charge in [0.2, 0.25) is 0 Å². The minimum absolute atomic E-state index is 0.322. The summed E-state index contributed by atoms with van der Waals surface area (Å²) in [6, 6.07) is 14.1. The molecular weight excluding hydrogens is 423 g/mol. The highest BCUT2D eigenvalue weighted by Gasteiger charge is 2.18. The van der Waals surface area contributed by atoms with Gasteiger partial charge in [-0.05, 0) is 47.0 Å². The molecule has 0 bridgehead atoms. The maximum Gasteiger partial charge on any atom is 0.320 e. The van der Waals surface area contributed by atoms with Gasteiger partial charge in [-0.3, -0.25) is 5.32 Å². The lowest BCUT2D eigenvalue weighted by Gasteiger charge is -2.14. The van der Waals surface area contributed by atoms with E-state index in [2.05, 4.69) is 31.1 Å². The number of pyridine rings is 1. The van der Waals surface area contributed by atoms with E-state index >= 15 is 4.39 Å². The van der Waals surface area contributed by atoms with Crippen molar-refractivity contribution in [3.8, 4) is 16.9 Å². The van der Waals surface area contributed by atoms with Crippen molar-refractivity contribution in [3.63, 3.8) is 0 Å². The number of carbonyl (C=O) groups is 1. The van der Waals surface area contributed by atoms with E-state index in [0.717, 1.165) is 16.8 Å². The summed E-state index contributed by atoms with van der Waals surface area (Å²) in [6.07, 6.45) is 1.96. The van der Waals surface area contributed by atoms with Crippen molar-refractivity contribution >= 4 is 17.6 Å². The number of aromatic nitrogens is 1. The van der Waals surface area contributed by atoms with Crippen LogP contribution in [-0.4, -0.2) is 36.9 Å². The van der Waals surface area contributed by atoms with E-state index in [1.807, 2.05) is 37.3 Å². The van der Waals surface area contributed by atoms with Crippen LogP contribution in [0.25, 0.3) is 11.1 Å². The van der Waals surface area contributed by atoms with Gasteiger partial charge < -0.3 is 10.1 Å². The zero-order valence-corrected chi connectivity index (χ0v) is 18.3. The molecule has 9 heteroatoms. The zero-order chi connectivity index (χ0) is 23.2. The third-order valence-corrected chi connectivity index (χ3v) is 5.14. The Balaban J connectivity index is 1.61. The van der Waals surface area contributed by atoms with Gasteiger partial charge in [0.1, 0.15) is 23.9 Å². The molecule has 2 amide bonds. The molecule has 0 spiro atoms. The number of benzene rings is 2. The fourth-order valence-electron chi connectivity index (χ4n) is 3.54. The molecule has 0 saturated carbocycles. The second-order valence-electron chi connectivity index (χ2n) is 7.35. The highest BCUT2D eigenvalue weighted by atomic mass is 19.1. The van der Waals surface area contributed by atoms with Crippen molar-refractivity contribution in [2.24, 2.45) is 15.4 Å². The van der Waals surface area contributed by atoms with E-state index in [-0.39, 0.29) is 11.8 Å². The quantitative estimate of drug-likeness (QED) is 0.545. The predicted octanol–water partition coefficient (Wildman–Crippen LogP) is 4.80. The van der Waals surface area contributed by atoms with Gasteiger partial charge in [0.05, 0.1) is 18.4 Å². The summed E-state index contributed by atoms with van der Waals surface area (Å²) in [5.41, 5.74) is 3.95. The molecule has 1 aromatic heterocycles. The van der Waals surface area contributed by atoms with E-state index in [1.165, 1.54) is 7.11 Å². The molecule has 8 nitrogen and oxygen atoms in total. The number of anilines is 1. The second kappa shape index (κ2) is 9.99. The van der Waals surface area contributed by atoms with Crippen LogP contribution in [0.2, 0.25) is 0 Å². The van der Waals surface area contributed by atoms with Crippen molar-refractivity contribution in [3.05, 3.63) is 77.2 Å². The van der Waals surface area contributed by atoms with Crippen LogP contribution in [0.4, 0.5) is 15.0 Å². The Bertz CT molecular complexity index is 1220. The van der Waals surface area contributed by atoms with Gasteiger partial charge in [0.25, 0.3) is 0 Å². The fraction of sp³-hybridized carbons (Fsp3) is 0.208. The Hall–Kier alpha value is -4.14. The molecule has 0 atom stereocenters. The lowest BCUT2D eigenvalue weighted by atomic mass is 9.95. The SMILES string of the molecule is CCNC(=O)Nc1ccc(Cc2ccc(OC)c(-c3cccc(C4=NN=NC4)c3)c2F)cn1. The number of hydrogen-bond donors (Lipinski definition) is 2. The number of hydrogen-bond acceptors (Lipinski definition) is 6. The van der Waals surface area contributed by atoms with Crippen LogP contribution in [0, 0.1) is 5.82 Å². The van der Waals surface area contributed by atoms with E-state index < -0.39 is 0 Å². The van der Waals surface area contributed by atoms with Crippen LogP contribution in [0.5, 0.6) is 5.75 Å². The summed E-state index contributed by atoms with van der Waals surface area (Å²) in [5.74, 6) is 0.500. The Labute approximate surface area is 190 Å². The van der Waals surface area contributed by atoms with Gasteiger partial charge in [-0.2, -0.15) is 5.11 Å². The molecule has 0 radical (unpaired) electrons. The molecule has 2 aromatic carbocycles. The summed E-state index contributed by atoms with van der Waals surface area (Å²) in [6.45, 7) is 2.75. The van der Waals surface area contributed by atoms with Crippen LogP contribution in [-0.2, 0) is 6.42 Å². The number of ether oxygens (including phenoxy) is 1. The fourth-order valence-corrected chi connectivity index (χ4v) is 3.54. The average Bonchev–Trinajstić information content (AvgIpc) is 3.37. The minimum Gasteiger partial charge on any atom is -0.496 e. The maximum absolute atomic E-state index is 15.7. The van der Waals surface area contributed by atoms with Gasteiger partial charge >= 0.3 is 6.03 Å². The second-order valence-corrected chi connectivity index (χ2v) is 7.35. The molecule has 0 fully saturated rings. The van der Waals surface area contributed by atoms with E-state index in [4.69, 9.17) is 4.74 Å². The number of carbonyl (C=O) groups excluding carboxylic acids is 1. The molecule has 2 N–H and O–H groups in total. The topological polar surface area (TPSA) is 100 Å². The number of nitrogens with zero attached hydrogens (tertiary/aromatic N) is 4. The number of amides is 2. The lowest BCUT2D eigenvalue weighted by molar-refractivity contribution is 0.252. The Morgan fingerprint density at radius 2 is 2.00 bits per heavy atom. The zero-order valence-electron chi connectivity index (χ0n) is 18.3. The molecule has 2 heterocycles. The van der Waals surface area contributed by atoms with Crippen molar-refractivity contribution in [2.45, 2.75) is 13.3 Å². The third-order valence-electron chi connectivity index (χ3n) is 5.14. The largest absolute Gasteiger partial charge is 0.496 e. The first kappa shape index (κ1) is 22.1. The number of rotatable bonds is 7. The monoisotopic (exact) mass is 446 g/mol. The van der Waals surface area contributed by atoms with Gasteiger partial charge in [0.15, 0.2) is 0 Å². The Morgan fingerprint density at radius 3 is 2.70 bits per heavy atom. The molecule has 1 aliphatic rings. The summed E-state index contributed by atoms with van der Waals surface area (Å²) >= 11 is 0. The molecular formula is C24H23FN6O2. The van der Waals surface area contributed by atoms with E-state index in [1.54, 1.807) is 24.4 Å². The summed E-state index contributed by atoms with van der Waals surface area (Å²) in [7, 11) is 1.52. The molecule has 1 aliphatic heterocycles. The minimum atomic E-state index is -0.362. The van der Waals surface area contributed by atoms with Gasteiger partial charge in [-0.25, -0.2) is 14.2 Å². The highest BCUT2D eigenvalue weighted by molar-refractivity contribution is 6.03. The highest BCUT2D eigenvalue weighted by Crippen LogP contribution is 2.35. The van der Waals surface area contributed by atoms with E-state index in [9.17, 15) is 4.79 Å². The lowest BCUT2D eigenvalue weighted by Crippen LogP contribution is -2.28. The molecule has 3 aromatic rings. The van der Waals surface area contributed by atoms with Crippen LogP contribution in [0.15, 0.2) is 70.2 Å². The van der Waals surface area contributed by atoms with Crippen LogP contribution >= 0.6 is 0 Å². The first-order chi connectivity index (χ1) is 16.1. The number of halogens is 1. The molecule has 0 unspecified atom stereocenters. The number of methoxy groups -OCH3 is 1. The van der Waals surface area contributed by atoms with Gasteiger partial charge in [-0.15, -0.1) is 5.10 Å². The smallest absolute Gasteiger partial charge is 0.320 e. The molecule has 168 valence electrons. The Morgan fingerprint density at radius 1 is 1.15 bits per heavy atom. The predicted molar refractivity (Wildman–Crippen MR) is 124 cm³/mol. The van der Waals surface area contributed by atoms with Crippen LogP contribution in [0.1, 0.15) is 23.6 Å². The van der Waals surface area contributed by atoms with Crippen molar-refractivity contribution in [1.82, 2.24) is 10.3 Å². The summed E-state index contributed by atoms with van der Waals surface area (Å²) in [4.78, 5) is 15.9. The van der Waals surface area contributed by atoms with Crippen molar-refractivity contribution < 1.29 is 13.9 Å². The summed E-state index contributed by atoms with van der Waals surface area (Å²) < 4.78 is 21.2. The average molecular weight is 446 g/mol. The number of nitrogens with one attached hydrogen (secondary N) is 2. The first-order valence-electron chi connectivity index (χ1n) is 10.5. The van der Waals surface area contributed by atoms with Gasteiger partial charge in [-0.1, -0.05) is 30.3 Å². The molecule has 33 heavy (non-hydrogen) atoms. The van der Waals surface area contributed by atoms with Crippen LogP contribution < -0.4 is 15.4 Å². The van der Waals surface area contributed by atoms with Gasteiger partial charge in [0, 0.05) is 24.7 Å². The normalized spacial score (nSPS) is 12.4. The van der Waals surface area contributed by atoms with Crippen molar-refractivity contribution in [1.29, 1.82) is 0 Å². The molecule has 0 saturated heterocycles. The standard InChI is InChI=1S/C24H23FN6O2/c1-3-26-24(32)29-21-10-7-15(13-27-21)11-18-8-9-20(33-2)22(23(18)25)17-6-4-5-16(12-17)19-14-28-31-30-19/h4-10,12-13H,3,11,14H2,1-2H3,(H2,26,27,29,32). The van der Waals surface area contributed by atoms with Crippen molar-refractivity contribution in [2.75, 3.05) is 25.5 Å². The summed E-state index contributed by atoms with van der Waals surface area (Å²) in [5, 5.41) is 16.9. The number of urea groups is 1. The molecule has 4 rings (SSSR count).